The van der Waals surface area contributed by atoms with E-state index in [9.17, 15) is 4.79 Å². The maximum atomic E-state index is 12.7. The van der Waals surface area contributed by atoms with Gasteiger partial charge in [-0.25, -0.2) is 4.98 Å². The molecule has 1 aliphatic carbocycles. The van der Waals surface area contributed by atoms with Gasteiger partial charge < -0.3 is 10.6 Å². The standard InChI is InChI=1S/C16H17N3OS/c1-3-8-19(9-11-4-5-11)16(20)14-13(17)12-10(2)6-7-18-15(12)21-14/h1,6-7,11H,4-5,8-9,17H2,2H3. The number of aromatic nitrogens is 1. The van der Waals surface area contributed by atoms with Crippen molar-refractivity contribution in [2.45, 2.75) is 19.8 Å². The van der Waals surface area contributed by atoms with Crippen LogP contribution in [0.4, 0.5) is 5.69 Å². The first-order valence-electron chi connectivity index (χ1n) is 6.98. The van der Waals surface area contributed by atoms with Crippen LogP contribution in [0.25, 0.3) is 10.2 Å². The van der Waals surface area contributed by atoms with Gasteiger partial charge in [-0.15, -0.1) is 17.8 Å². The summed E-state index contributed by atoms with van der Waals surface area (Å²) in [5.41, 5.74) is 7.76. The van der Waals surface area contributed by atoms with Crippen molar-refractivity contribution in [3.05, 3.63) is 22.7 Å². The summed E-state index contributed by atoms with van der Waals surface area (Å²) in [6, 6.07) is 1.91. The van der Waals surface area contributed by atoms with Crippen molar-refractivity contribution in [1.29, 1.82) is 0 Å². The lowest BCUT2D eigenvalue weighted by molar-refractivity contribution is 0.0775. The third-order valence-electron chi connectivity index (χ3n) is 3.78. The monoisotopic (exact) mass is 299 g/mol. The van der Waals surface area contributed by atoms with Crippen molar-refractivity contribution >= 4 is 33.1 Å². The predicted octanol–water partition coefficient (Wildman–Crippen LogP) is 2.67. The number of rotatable bonds is 4. The number of terminal acetylenes is 1. The van der Waals surface area contributed by atoms with E-state index in [1.165, 1.54) is 24.2 Å². The molecule has 2 aromatic heterocycles. The molecule has 0 aromatic carbocycles. The van der Waals surface area contributed by atoms with Crippen LogP contribution in [-0.2, 0) is 0 Å². The number of anilines is 1. The first-order valence-corrected chi connectivity index (χ1v) is 7.79. The number of thiophene rings is 1. The molecule has 0 spiro atoms. The van der Waals surface area contributed by atoms with Crippen molar-refractivity contribution in [1.82, 2.24) is 9.88 Å². The Bertz CT molecular complexity index is 740. The van der Waals surface area contributed by atoms with Gasteiger partial charge in [-0.1, -0.05) is 5.92 Å². The quantitative estimate of drug-likeness (QED) is 0.883. The lowest BCUT2D eigenvalue weighted by Crippen LogP contribution is -2.33. The van der Waals surface area contributed by atoms with Gasteiger partial charge in [0.05, 0.1) is 12.2 Å². The molecule has 2 heterocycles. The van der Waals surface area contributed by atoms with Gasteiger partial charge in [0.1, 0.15) is 9.71 Å². The molecule has 3 rings (SSSR count). The molecular formula is C16H17N3OS. The SMILES string of the molecule is C#CCN(CC1CC1)C(=O)c1sc2nccc(C)c2c1N. The average Bonchev–Trinajstić information content (AvgIpc) is 3.21. The minimum atomic E-state index is -0.0697. The van der Waals surface area contributed by atoms with Crippen LogP contribution in [0.3, 0.4) is 0 Å². The normalized spacial score (nSPS) is 14.1. The van der Waals surface area contributed by atoms with Crippen LogP contribution in [0, 0.1) is 25.2 Å². The Morgan fingerprint density at radius 3 is 3.00 bits per heavy atom. The molecule has 0 atom stereocenters. The lowest BCUT2D eigenvalue weighted by atomic mass is 10.1. The van der Waals surface area contributed by atoms with Gasteiger partial charge in [-0.05, 0) is 37.3 Å². The van der Waals surface area contributed by atoms with Crippen LogP contribution in [0.5, 0.6) is 0 Å². The molecule has 108 valence electrons. The number of hydrogen-bond donors (Lipinski definition) is 1. The van der Waals surface area contributed by atoms with E-state index in [4.69, 9.17) is 12.2 Å². The fourth-order valence-electron chi connectivity index (χ4n) is 2.45. The number of pyridine rings is 1. The van der Waals surface area contributed by atoms with Crippen LogP contribution in [0.15, 0.2) is 12.3 Å². The van der Waals surface area contributed by atoms with E-state index in [1.54, 1.807) is 11.1 Å². The van der Waals surface area contributed by atoms with Gasteiger partial charge >= 0.3 is 0 Å². The second kappa shape index (κ2) is 5.38. The number of fused-ring (bicyclic) bond motifs is 1. The largest absolute Gasteiger partial charge is 0.397 e. The highest BCUT2D eigenvalue weighted by molar-refractivity contribution is 7.21. The summed E-state index contributed by atoms with van der Waals surface area (Å²) < 4.78 is 0. The Balaban J connectivity index is 1.98. The Labute approximate surface area is 128 Å². The summed E-state index contributed by atoms with van der Waals surface area (Å²) in [7, 11) is 0. The zero-order valence-corrected chi connectivity index (χ0v) is 12.7. The molecule has 21 heavy (non-hydrogen) atoms. The molecule has 0 aliphatic heterocycles. The molecule has 4 nitrogen and oxygen atoms in total. The van der Waals surface area contributed by atoms with E-state index in [0.29, 0.717) is 23.0 Å². The minimum absolute atomic E-state index is 0.0697. The average molecular weight is 299 g/mol. The highest BCUT2D eigenvalue weighted by Crippen LogP contribution is 2.36. The Morgan fingerprint density at radius 1 is 1.62 bits per heavy atom. The molecule has 5 heteroatoms. The Morgan fingerprint density at radius 2 is 2.38 bits per heavy atom. The zero-order chi connectivity index (χ0) is 15.0. The van der Waals surface area contributed by atoms with Crippen molar-refractivity contribution in [2.75, 3.05) is 18.8 Å². The molecule has 0 saturated heterocycles. The molecule has 2 aromatic rings. The molecule has 1 amide bonds. The second-order valence-corrected chi connectivity index (χ2v) is 6.49. The van der Waals surface area contributed by atoms with E-state index < -0.39 is 0 Å². The maximum Gasteiger partial charge on any atom is 0.266 e. The summed E-state index contributed by atoms with van der Waals surface area (Å²) in [5.74, 6) is 3.09. The van der Waals surface area contributed by atoms with Gasteiger partial charge in [0.25, 0.3) is 5.91 Å². The maximum absolute atomic E-state index is 12.7. The highest BCUT2D eigenvalue weighted by atomic mass is 32.1. The molecule has 1 saturated carbocycles. The molecule has 2 N–H and O–H groups in total. The van der Waals surface area contributed by atoms with E-state index in [2.05, 4.69) is 10.9 Å². The molecule has 0 radical (unpaired) electrons. The summed E-state index contributed by atoms with van der Waals surface area (Å²) in [5, 5.41) is 0.887. The fraction of sp³-hybridized carbons (Fsp3) is 0.375. The third-order valence-corrected chi connectivity index (χ3v) is 4.88. The highest BCUT2D eigenvalue weighted by Gasteiger charge is 2.29. The predicted molar refractivity (Wildman–Crippen MR) is 86.2 cm³/mol. The van der Waals surface area contributed by atoms with E-state index in [1.807, 2.05) is 13.0 Å². The smallest absolute Gasteiger partial charge is 0.266 e. The first-order chi connectivity index (χ1) is 10.1. The van der Waals surface area contributed by atoms with Gasteiger partial charge in [0.15, 0.2) is 0 Å². The first kappa shape index (κ1) is 13.9. The van der Waals surface area contributed by atoms with Crippen LogP contribution in [-0.4, -0.2) is 28.9 Å². The third kappa shape index (κ3) is 2.59. The molecule has 1 fully saturated rings. The summed E-state index contributed by atoms with van der Waals surface area (Å²) in [6.07, 6.45) is 9.49. The van der Waals surface area contributed by atoms with Gasteiger partial charge in [-0.3, -0.25) is 4.79 Å². The van der Waals surface area contributed by atoms with Gasteiger partial charge in [-0.2, -0.15) is 0 Å². The van der Waals surface area contributed by atoms with E-state index in [-0.39, 0.29) is 5.91 Å². The molecule has 1 aliphatic rings. The number of carbonyl (C=O) groups excluding carboxylic acids is 1. The lowest BCUT2D eigenvalue weighted by Gasteiger charge is -2.19. The minimum Gasteiger partial charge on any atom is -0.397 e. The van der Waals surface area contributed by atoms with Crippen molar-refractivity contribution in [2.24, 2.45) is 5.92 Å². The number of nitrogen functional groups attached to an aromatic ring is 1. The van der Waals surface area contributed by atoms with Crippen LogP contribution < -0.4 is 5.73 Å². The van der Waals surface area contributed by atoms with Gasteiger partial charge in [0, 0.05) is 18.1 Å². The van der Waals surface area contributed by atoms with Crippen LogP contribution >= 0.6 is 11.3 Å². The number of carbonyl (C=O) groups is 1. The van der Waals surface area contributed by atoms with E-state index >= 15 is 0 Å². The Hall–Kier alpha value is -2.06. The van der Waals surface area contributed by atoms with Crippen molar-refractivity contribution in [3.63, 3.8) is 0 Å². The number of nitrogens with zero attached hydrogens (tertiary/aromatic N) is 2. The molecule has 0 bridgehead atoms. The summed E-state index contributed by atoms with van der Waals surface area (Å²) >= 11 is 1.35. The summed E-state index contributed by atoms with van der Waals surface area (Å²) in [6.45, 7) is 3.03. The summed E-state index contributed by atoms with van der Waals surface area (Å²) in [4.78, 5) is 20.1. The fourth-order valence-corrected chi connectivity index (χ4v) is 3.56. The van der Waals surface area contributed by atoms with Crippen molar-refractivity contribution < 1.29 is 4.79 Å². The van der Waals surface area contributed by atoms with Crippen LogP contribution in [0.1, 0.15) is 28.1 Å². The number of hydrogen-bond acceptors (Lipinski definition) is 4. The number of nitrogens with two attached hydrogens (primary N) is 1. The van der Waals surface area contributed by atoms with Crippen molar-refractivity contribution in [3.8, 4) is 12.3 Å². The number of amides is 1. The second-order valence-electron chi connectivity index (χ2n) is 5.49. The number of aryl methyl sites for hydroxylation is 1. The van der Waals surface area contributed by atoms with E-state index in [0.717, 1.165) is 22.3 Å². The Kier molecular flexibility index (Phi) is 3.56. The molecule has 0 unspecified atom stereocenters. The zero-order valence-electron chi connectivity index (χ0n) is 11.9. The topological polar surface area (TPSA) is 59.2 Å². The molecular weight excluding hydrogens is 282 g/mol. The van der Waals surface area contributed by atoms with Gasteiger partial charge in [0.2, 0.25) is 0 Å². The van der Waals surface area contributed by atoms with Crippen LogP contribution in [0.2, 0.25) is 0 Å².